The van der Waals surface area contributed by atoms with Gasteiger partial charge in [-0.2, -0.15) is 0 Å². The van der Waals surface area contributed by atoms with Crippen LogP contribution in [0.5, 0.6) is 5.75 Å². The van der Waals surface area contributed by atoms with Gasteiger partial charge in [-0.3, -0.25) is 4.79 Å². The molecule has 27 heavy (non-hydrogen) atoms. The van der Waals surface area contributed by atoms with Crippen molar-refractivity contribution in [1.82, 2.24) is 10.2 Å². The number of methoxy groups -OCH3 is 1. The highest BCUT2D eigenvalue weighted by atomic mass is 32.2. The third-order valence-electron chi connectivity index (χ3n) is 4.47. The second kappa shape index (κ2) is 7.84. The number of anilines is 1. The van der Waals surface area contributed by atoms with E-state index in [1.165, 1.54) is 17.3 Å². The van der Waals surface area contributed by atoms with Crippen molar-refractivity contribution in [2.24, 2.45) is 0 Å². The summed E-state index contributed by atoms with van der Waals surface area (Å²) in [6.07, 6.45) is 2.00. The van der Waals surface area contributed by atoms with Crippen LogP contribution in [-0.4, -0.2) is 35.5 Å². The van der Waals surface area contributed by atoms with Gasteiger partial charge in [0, 0.05) is 17.8 Å². The van der Waals surface area contributed by atoms with Gasteiger partial charge in [0.05, 0.1) is 12.9 Å². The lowest BCUT2D eigenvalue weighted by Gasteiger charge is -2.29. The summed E-state index contributed by atoms with van der Waals surface area (Å²) in [4.78, 5) is 14.5. The number of nitrogens with zero attached hydrogens (tertiary/aromatic N) is 3. The highest BCUT2D eigenvalue weighted by Gasteiger charge is 2.22. The minimum atomic E-state index is 0.0522. The standard InChI is InChI=1S/C20H19N3O3S/c1-25-16-10-8-15(9-11-16)19-21-22-20(26-19)27-13-18(24)23-12-4-6-14-5-2-3-7-17(14)23/h2-3,5,7-11H,4,6,12-13H2,1H3. The molecule has 1 aliphatic rings. The molecule has 0 radical (unpaired) electrons. The maximum Gasteiger partial charge on any atom is 0.277 e. The summed E-state index contributed by atoms with van der Waals surface area (Å²) >= 11 is 1.26. The molecule has 1 amide bonds. The zero-order valence-corrected chi connectivity index (χ0v) is 15.7. The van der Waals surface area contributed by atoms with Gasteiger partial charge in [-0.15, -0.1) is 10.2 Å². The minimum Gasteiger partial charge on any atom is -0.497 e. The van der Waals surface area contributed by atoms with Crippen LogP contribution in [0, 0.1) is 0 Å². The number of ether oxygens (including phenoxy) is 1. The highest BCUT2D eigenvalue weighted by Crippen LogP contribution is 2.29. The number of hydrogen-bond donors (Lipinski definition) is 0. The van der Waals surface area contributed by atoms with E-state index < -0.39 is 0 Å². The first-order valence-corrected chi connectivity index (χ1v) is 9.72. The van der Waals surface area contributed by atoms with E-state index in [1.807, 2.05) is 47.4 Å². The molecular weight excluding hydrogens is 362 g/mol. The predicted molar refractivity (Wildman–Crippen MR) is 104 cm³/mol. The molecular formula is C20H19N3O3S. The third-order valence-corrected chi connectivity index (χ3v) is 5.28. The molecule has 0 bridgehead atoms. The number of hydrogen-bond acceptors (Lipinski definition) is 6. The quantitative estimate of drug-likeness (QED) is 0.626. The average Bonchev–Trinajstić information content (AvgIpc) is 3.20. The van der Waals surface area contributed by atoms with Crippen LogP contribution < -0.4 is 9.64 Å². The van der Waals surface area contributed by atoms with E-state index >= 15 is 0 Å². The van der Waals surface area contributed by atoms with Crippen molar-refractivity contribution in [3.63, 3.8) is 0 Å². The van der Waals surface area contributed by atoms with Crippen LogP contribution in [0.3, 0.4) is 0 Å². The molecule has 0 N–H and O–H groups in total. The first-order chi connectivity index (χ1) is 13.2. The number of benzene rings is 2. The molecule has 3 aromatic rings. The second-order valence-corrected chi connectivity index (χ2v) is 7.09. The molecule has 0 saturated carbocycles. The van der Waals surface area contributed by atoms with Gasteiger partial charge in [0.2, 0.25) is 11.8 Å². The number of rotatable bonds is 5. The number of carbonyl (C=O) groups is 1. The Labute approximate surface area is 161 Å². The van der Waals surface area contributed by atoms with Gasteiger partial charge in [-0.25, -0.2) is 0 Å². The molecule has 138 valence electrons. The van der Waals surface area contributed by atoms with Gasteiger partial charge in [-0.05, 0) is 48.7 Å². The van der Waals surface area contributed by atoms with Gasteiger partial charge in [0.25, 0.3) is 5.22 Å². The average molecular weight is 381 g/mol. The van der Waals surface area contributed by atoms with E-state index in [4.69, 9.17) is 9.15 Å². The molecule has 2 heterocycles. The normalized spacial score (nSPS) is 13.3. The molecule has 1 aliphatic heterocycles. The number of aryl methyl sites for hydroxylation is 1. The van der Waals surface area contributed by atoms with Crippen molar-refractivity contribution in [3.8, 4) is 17.2 Å². The molecule has 4 rings (SSSR count). The largest absolute Gasteiger partial charge is 0.497 e. The molecule has 0 saturated heterocycles. The van der Waals surface area contributed by atoms with Crippen LogP contribution in [-0.2, 0) is 11.2 Å². The number of carbonyl (C=O) groups excluding carboxylic acids is 1. The summed E-state index contributed by atoms with van der Waals surface area (Å²) in [5.74, 6) is 1.51. The zero-order chi connectivity index (χ0) is 18.6. The Bertz CT molecular complexity index is 940. The number of fused-ring (bicyclic) bond motifs is 1. The smallest absolute Gasteiger partial charge is 0.277 e. The lowest BCUT2D eigenvalue weighted by atomic mass is 10.0. The van der Waals surface area contributed by atoms with Crippen molar-refractivity contribution < 1.29 is 13.9 Å². The molecule has 0 fully saturated rings. The predicted octanol–water partition coefficient (Wildman–Crippen LogP) is 3.82. The third kappa shape index (κ3) is 3.83. The van der Waals surface area contributed by atoms with Crippen LogP contribution >= 0.6 is 11.8 Å². The van der Waals surface area contributed by atoms with E-state index in [9.17, 15) is 4.79 Å². The fourth-order valence-corrected chi connectivity index (χ4v) is 3.75. The van der Waals surface area contributed by atoms with Gasteiger partial charge in [0.1, 0.15) is 5.75 Å². The Balaban J connectivity index is 1.41. The van der Waals surface area contributed by atoms with E-state index in [-0.39, 0.29) is 11.7 Å². The van der Waals surface area contributed by atoms with Crippen molar-refractivity contribution >= 4 is 23.4 Å². The number of thioether (sulfide) groups is 1. The van der Waals surface area contributed by atoms with Gasteiger partial charge >= 0.3 is 0 Å². The van der Waals surface area contributed by atoms with Gasteiger partial charge in [-0.1, -0.05) is 30.0 Å². The fourth-order valence-electron chi connectivity index (χ4n) is 3.11. The van der Waals surface area contributed by atoms with Crippen molar-refractivity contribution in [1.29, 1.82) is 0 Å². The Kier molecular flexibility index (Phi) is 5.11. The summed E-state index contributed by atoms with van der Waals surface area (Å²) in [7, 11) is 1.62. The zero-order valence-electron chi connectivity index (χ0n) is 14.9. The topological polar surface area (TPSA) is 68.5 Å². The van der Waals surface area contributed by atoms with Gasteiger partial charge in [0.15, 0.2) is 0 Å². The number of para-hydroxylation sites is 1. The lowest BCUT2D eigenvalue weighted by Crippen LogP contribution is -2.36. The summed E-state index contributed by atoms with van der Waals surface area (Å²) in [5, 5.41) is 8.49. The van der Waals surface area contributed by atoms with E-state index in [1.54, 1.807) is 7.11 Å². The Morgan fingerprint density at radius 2 is 2.00 bits per heavy atom. The summed E-state index contributed by atoms with van der Waals surface area (Å²) < 4.78 is 10.8. The van der Waals surface area contributed by atoms with E-state index in [2.05, 4.69) is 16.3 Å². The Morgan fingerprint density at radius 3 is 2.81 bits per heavy atom. The number of aromatic nitrogens is 2. The van der Waals surface area contributed by atoms with Crippen molar-refractivity contribution in [3.05, 3.63) is 54.1 Å². The summed E-state index contributed by atoms with van der Waals surface area (Å²) in [6, 6.07) is 15.5. The van der Waals surface area contributed by atoms with Crippen molar-refractivity contribution in [2.75, 3.05) is 24.3 Å². The number of amides is 1. The molecule has 0 spiro atoms. The second-order valence-electron chi connectivity index (χ2n) is 6.17. The van der Waals surface area contributed by atoms with Crippen LogP contribution in [0.15, 0.2) is 58.2 Å². The first-order valence-electron chi connectivity index (χ1n) is 8.73. The van der Waals surface area contributed by atoms with Crippen molar-refractivity contribution in [2.45, 2.75) is 18.1 Å². The Hall–Kier alpha value is -2.80. The van der Waals surface area contributed by atoms with Crippen LogP contribution in [0.4, 0.5) is 5.69 Å². The monoisotopic (exact) mass is 381 g/mol. The van der Waals surface area contributed by atoms with Crippen LogP contribution in [0.25, 0.3) is 11.5 Å². The molecule has 0 unspecified atom stereocenters. The molecule has 7 heteroatoms. The highest BCUT2D eigenvalue weighted by molar-refractivity contribution is 7.99. The SMILES string of the molecule is COc1ccc(-c2nnc(SCC(=O)N3CCCc4ccccc43)o2)cc1. The molecule has 1 aromatic heterocycles. The summed E-state index contributed by atoms with van der Waals surface area (Å²) in [5.41, 5.74) is 3.05. The Morgan fingerprint density at radius 1 is 1.19 bits per heavy atom. The maximum atomic E-state index is 12.7. The van der Waals surface area contributed by atoms with Gasteiger partial charge < -0.3 is 14.1 Å². The maximum absolute atomic E-state index is 12.7. The van der Waals surface area contributed by atoms with E-state index in [0.717, 1.165) is 36.4 Å². The molecule has 0 atom stereocenters. The molecule has 0 aliphatic carbocycles. The minimum absolute atomic E-state index is 0.0522. The fraction of sp³-hybridized carbons (Fsp3) is 0.250. The lowest BCUT2D eigenvalue weighted by molar-refractivity contribution is -0.116. The van der Waals surface area contributed by atoms with Crippen LogP contribution in [0.2, 0.25) is 0 Å². The van der Waals surface area contributed by atoms with Crippen LogP contribution in [0.1, 0.15) is 12.0 Å². The first kappa shape index (κ1) is 17.6. The summed E-state index contributed by atoms with van der Waals surface area (Å²) in [6.45, 7) is 0.747. The molecule has 2 aromatic carbocycles. The van der Waals surface area contributed by atoms with E-state index in [0.29, 0.717) is 11.1 Å². The molecule has 6 nitrogen and oxygen atoms in total.